The Morgan fingerprint density at radius 2 is 1.90 bits per heavy atom. The Labute approximate surface area is 177 Å². The van der Waals surface area contributed by atoms with Crippen LogP contribution in [0.5, 0.6) is 0 Å². The van der Waals surface area contributed by atoms with Crippen LogP contribution in [0.15, 0.2) is 70.6 Å². The quantitative estimate of drug-likeness (QED) is 0.407. The van der Waals surface area contributed by atoms with Crippen LogP contribution < -0.4 is 10.5 Å². The number of carbonyl (C=O) groups is 1. The first-order valence-electron chi connectivity index (χ1n) is 9.81. The zero-order valence-electron chi connectivity index (χ0n) is 16.5. The summed E-state index contributed by atoms with van der Waals surface area (Å²) >= 11 is 1.30. The van der Waals surface area contributed by atoms with Crippen LogP contribution in [0.4, 0.5) is 5.69 Å². The first-order chi connectivity index (χ1) is 14.6. The Kier molecular flexibility index (Phi) is 4.67. The van der Waals surface area contributed by atoms with Crippen LogP contribution in [0.25, 0.3) is 16.7 Å². The van der Waals surface area contributed by atoms with E-state index in [2.05, 4.69) is 11.1 Å². The van der Waals surface area contributed by atoms with Gasteiger partial charge < -0.3 is 9.88 Å². The van der Waals surface area contributed by atoms with Gasteiger partial charge in [0.2, 0.25) is 5.91 Å². The SMILES string of the molecule is Cc1cc2nc(SCC(=O)N3CCc4ccccc43)n(-c3ccccc3)c(=O)c2[nH]1. The van der Waals surface area contributed by atoms with Crippen molar-refractivity contribution in [1.29, 1.82) is 0 Å². The molecule has 5 rings (SSSR count). The van der Waals surface area contributed by atoms with Crippen LogP contribution in [0.3, 0.4) is 0 Å². The number of anilines is 1. The van der Waals surface area contributed by atoms with Gasteiger partial charge in [-0.2, -0.15) is 0 Å². The Morgan fingerprint density at radius 1 is 1.13 bits per heavy atom. The van der Waals surface area contributed by atoms with Gasteiger partial charge in [0, 0.05) is 17.9 Å². The second kappa shape index (κ2) is 7.50. The molecule has 3 heterocycles. The van der Waals surface area contributed by atoms with E-state index in [-0.39, 0.29) is 17.2 Å². The molecule has 0 atom stereocenters. The van der Waals surface area contributed by atoms with Crippen molar-refractivity contribution in [2.75, 3.05) is 17.2 Å². The lowest BCUT2D eigenvalue weighted by Crippen LogP contribution is -2.31. The molecule has 0 aliphatic carbocycles. The van der Waals surface area contributed by atoms with E-state index in [1.54, 1.807) is 4.57 Å². The number of aromatic nitrogens is 3. The van der Waals surface area contributed by atoms with Crippen molar-refractivity contribution in [3.05, 3.63) is 82.3 Å². The molecule has 1 N–H and O–H groups in total. The van der Waals surface area contributed by atoms with Crippen LogP contribution in [-0.2, 0) is 11.2 Å². The highest BCUT2D eigenvalue weighted by Gasteiger charge is 2.25. The van der Waals surface area contributed by atoms with E-state index in [1.807, 2.05) is 66.4 Å². The molecule has 4 aromatic rings. The fourth-order valence-corrected chi connectivity index (χ4v) is 4.77. The highest BCUT2D eigenvalue weighted by atomic mass is 32.2. The number of nitrogens with one attached hydrogen (secondary N) is 1. The predicted octanol–water partition coefficient (Wildman–Crippen LogP) is 3.70. The maximum Gasteiger partial charge on any atom is 0.283 e. The van der Waals surface area contributed by atoms with Crippen LogP contribution in [0.1, 0.15) is 11.3 Å². The van der Waals surface area contributed by atoms with Crippen LogP contribution >= 0.6 is 11.8 Å². The number of nitrogens with zero attached hydrogens (tertiary/aromatic N) is 3. The van der Waals surface area contributed by atoms with Crippen LogP contribution in [0.2, 0.25) is 0 Å². The lowest BCUT2D eigenvalue weighted by atomic mass is 10.2. The molecule has 1 aliphatic heterocycles. The van der Waals surface area contributed by atoms with Gasteiger partial charge in [0.25, 0.3) is 5.56 Å². The summed E-state index contributed by atoms with van der Waals surface area (Å²) in [6.45, 7) is 2.59. The summed E-state index contributed by atoms with van der Waals surface area (Å²) in [7, 11) is 0. The van der Waals surface area contributed by atoms with E-state index in [9.17, 15) is 9.59 Å². The van der Waals surface area contributed by atoms with E-state index < -0.39 is 0 Å². The maximum atomic E-state index is 13.2. The van der Waals surface area contributed by atoms with E-state index >= 15 is 0 Å². The summed E-state index contributed by atoms with van der Waals surface area (Å²) < 4.78 is 1.58. The van der Waals surface area contributed by atoms with Gasteiger partial charge in [0.15, 0.2) is 5.16 Å². The van der Waals surface area contributed by atoms with Crippen molar-refractivity contribution < 1.29 is 4.79 Å². The van der Waals surface area contributed by atoms with Crippen molar-refractivity contribution >= 4 is 34.4 Å². The highest BCUT2D eigenvalue weighted by Crippen LogP contribution is 2.29. The van der Waals surface area contributed by atoms with Gasteiger partial charge in [-0.15, -0.1) is 0 Å². The third-order valence-electron chi connectivity index (χ3n) is 5.28. The second-order valence-corrected chi connectivity index (χ2v) is 8.24. The fourth-order valence-electron chi connectivity index (χ4n) is 3.88. The number of aromatic amines is 1. The van der Waals surface area contributed by atoms with Crippen molar-refractivity contribution in [3.8, 4) is 5.69 Å². The van der Waals surface area contributed by atoms with Gasteiger partial charge in [-0.25, -0.2) is 4.98 Å². The molecule has 1 aliphatic rings. The number of thioether (sulfide) groups is 1. The molecule has 0 unspecified atom stereocenters. The van der Waals surface area contributed by atoms with Gasteiger partial charge in [-0.3, -0.25) is 14.2 Å². The Morgan fingerprint density at radius 3 is 2.73 bits per heavy atom. The molecule has 1 amide bonds. The average Bonchev–Trinajstić information content (AvgIpc) is 3.36. The minimum Gasteiger partial charge on any atom is -0.353 e. The standard InChI is InChI=1S/C23H20N4O2S/c1-15-13-18-21(24-15)22(29)27(17-8-3-2-4-9-17)23(25-18)30-14-20(28)26-12-11-16-7-5-6-10-19(16)26/h2-10,13,24H,11-12,14H2,1H3. The summed E-state index contributed by atoms with van der Waals surface area (Å²) in [5, 5.41) is 0.513. The van der Waals surface area contributed by atoms with Crippen LogP contribution in [-0.4, -0.2) is 32.7 Å². The largest absolute Gasteiger partial charge is 0.353 e. The van der Waals surface area contributed by atoms with Crippen molar-refractivity contribution in [1.82, 2.24) is 14.5 Å². The minimum absolute atomic E-state index is 0.0177. The molecule has 2 aromatic heterocycles. The maximum absolute atomic E-state index is 13.2. The van der Waals surface area contributed by atoms with Crippen molar-refractivity contribution in [2.24, 2.45) is 0 Å². The number of H-pyrrole nitrogens is 1. The summed E-state index contributed by atoms with van der Waals surface area (Å²) in [5.74, 6) is 0.229. The third-order valence-corrected chi connectivity index (χ3v) is 6.21. The normalized spacial score (nSPS) is 13.0. The predicted molar refractivity (Wildman–Crippen MR) is 120 cm³/mol. The first kappa shape index (κ1) is 18.7. The van der Waals surface area contributed by atoms with E-state index in [1.165, 1.54) is 17.3 Å². The Balaban J connectivity index is 1.50. The topological polar surface area (TPSA) is 71.0 Å². The number of hydrogen-bond donors (Lipinski definition) is 1. The number of carbonyl (C=O) groups excluding carboxylic acids is 1. The summed E-state index contributed by atoms with van der Waals surface area (Å²) in [6, 6.07) is 19.3. The van der Waals surface area contributed by atoms with E-state index in [0.717, 1.165) is 23.5 Å². The summed E-state index contributed by atoms with van der Waals surface area (Å²) in [6.07, 6.45) is 0.869. The number of para-hydroxylation sites is 2. The second-order valence-electron chi connectivity index (χ2n) is 7.30. The molecule has 0 spiro atoms. The van der Waals surface area contributed by atoms with Crippen molar-refractivity contribution in [3.63, 3.8) is 0 Å². The molecule has 2 aromatic carbocycles. The van der Waals surface area contributed by atoms with Gasteiger partial charge in [-0.1, -0.05) is 48.2 Å². The Bertz CT molecular complexity index is 1310. The molecule has 0 saturated carbocycles. The van der Waals surface area contributed by atoms with Crippen molar-refractivity contribution in [2.45, 2.75) is 18.5 Å². The Hall–Kier alpha value is -3.32. The molecule has 150 valence electrons. The number of amides is 1. The lowest BCUT2D eigenvalue weighted by molar-refractivity contribution is -0.116. The monoisotopic (exact) mass is 416 g/mol. The number of fused-ring (bicyclic) bond motifs is 2. The van der Waals surface area contributed by atoms with E-state index in [0.29, 0.717) is 22.7 Å². The highest BCUT2D eigenvalue weighted by molar-refractivity contribution is 7.99. The first-order valence-corrected chi connectivity index (χ1v) is 10.8. The third kappa shape index (κ3) is 3.21. The molecule has 30 heavy (non-hydrogen) atoms. The fraction of sp³-hybridized carbons (Fsp3) is 0.174. The number of rotatable bonds is 4. The molecular weight excluding hydrogens is 396 g/mol. The van der Waals surface area contributed by atoms with Gasteiger partial charge in [0.1, 0.15) is 5.52 Å². The number of hydrogen-bond acceptors (Lipinski definition) is 4. The zero-order valence-corrected chi connectivity index (χ0v) is 17.3. The molecule has 7 heteroatoms. The smallest absolute Gasteiger partial charge is 0.283 e. The molecule has 0 fully saturated rings. The minimum atomic E-state index is -0.166. The average molecular weight is 417 g/mol. The van der Waals surface area contributed by atoms with Gasteiger partial charge in [0.05, 0.1) is 17.0 Å². The molecular formula is C23H20N4O2S. The zero-order chi connectivity index (χ0) is 20.7. The van der Waals surface area contributed by atoms with Gasteiger partial charge in [-0.05, 0) is 43.2 Å². The molecule has 0 bridgehead atoms. The number of benzene rings is 2. The summed E-state index contributed by atoms with van der Waals surface area (Å²) in [4.78, 5) is 35.8. The molecule has 0 saturated heterocycles. The molecule has 6 nitrogen and oxygen atoms in total. The lowest BCUT2D eigenvalue weighted by Gasteiger charge is -2.17. The van der Waals surface area contributed by atoms with Gasteiger partial charge >= 0.3 is 0 Å². The number of aryl methyl sites for hydroxylation is 1. The van der Waals surface area contributed by atoms with E-state index in [4.69, 9.17) is 4.98 Å². The molecule has 0 radical (unpaired) electrons. The van der Waals surface area contributed by atoms with Crippen LogP contribution in [0, 0.1) is 6.92 Å². The summed E-state index contributed by atoms with van der Waals surface area (Å²) in [5.41, 5.74) is 4.70.